The summed E-state index contributed by atoms with van der Waals surface area (Å²) in [5.74, 6) is -0.846. The number of carbonyl (C=O) groups excluding carboxylic acids is 1. The van der Waals surface area contributed by atoms with E-state index in [4.69, 9.17) is 0 Å². The van der Waals surface area contributed by atoms with Crippen molar-refractivity contribution in [1.82, 2.24) is 14.7 Å². The van der Waals surface area contributed by atoms with Gasteiger partial charge in [0.1, 0.15) is 28.7 Å². The third-order valence-corrected chi connectivity index (χ3v) is 5.98. The summed E-state index contributed by atoms with van der Waals surface area (Å²) in [5, 5.41) is 28.2. The smallest absolute Gasteiger partial charge is 0.260 e. The molecule has 1 aromatic heterocycles. The van der Waals surface area contributed by atoms with Gasteiger partial charge in [0.25, 0.3) is 5.91 Å². The Balaban J connectivity index is 1.49. The number of rotatable bonds is 4. The van der Waals surface area contributed by atoms with Gasteiger partial charge in [-0.25, -0.2) is 4.39 Å². The number of benzene rings is 3. The van der Waals surface area contributed by atoms with Crippen molar-refractivity contribution in [3.8, 4) is 22.8 Å². The Morgan fingerprint density at radius 2 is 1.74 bits per heavy atom. The quantitative estimate of drug-likeness (QED) is 0.407. The Morgan fingerprint density at radius 3 is 2.44 bits per heavy atom. The van der Waals surface area contributed by atoms with Crippen molar-refractivity contribution in [2.75, 3.05) is 5.32 Å². The van der Waals surface area contributed by atoms with Crippen LogP contribution in [-0.4, -0.2) is 30.8 Å². The third kappa shape index (κ3) is 3.83. The monoisotopic (exact) mass is 458 g/mol. The van der Waals surface area contributed by atoms with Crippen molar-refractivity contribution in [2.45, 2.75) is 20.0 Å². The number of nitrogens with zero attached hydrogens (tertiary/aromatic N) is 3. The van der Waals surface area contributed by atoms with Crippen molar-refractivity contribution < 1.29 is 19.4 Å². The number of aryl methyl sites for hydroxylation is 2. The van der Waals surface area contributed by atoms with E-state index in [0.29, 0.717) is 30.2 Å². The van der Waals surface area contributed by atoms with E-state index < -0.39 is 5.82 Å². The molecule has 0 fully saturated rings. The maximum Gasteiger partial charge on any atom is 0.260 e. The summed E-state index contributed by atoms with van der Waals surface area (Å²) in [6, 6.07) is 16.7. The van der Waals surface area contributed by atoms with E-state index in [1.165, 1.54) is 16.8 Å². The van der Waals surface area contributed by atoms with Gasteiger partial charge >= 0.3 is 0 Å². The number of aromatic hydroxyl groups is 2. The Labute approximate surface area is 195 Å². The van der Waals surface area contributed by atoms with Crippen molar-refractivity contribution in [3.63, 3.8) is 0 Å². The molecule has 5 rings (SSSR count). The van der Waals surface area contributed by atoms with Crippen LogP contribution in [0.3, 0.4) is 0 Å². The molecule has 1 amide bonds. The van der Waals surface area contributed by atoms with E-state index in [0.717, 1.165) is 22.8 Å². The molecule has 1 aliphatic rings. The van der Waals surface area contributed by atoms with Gasteiger partial charge in [-0.05, 0) is 30.2 Å². The number of aromatic nitrogens is 2. The summed E-state index contributed by atoms with van der Waals surface area (Å²) >= 11 is 0. The molecular weight excluding hydrogens is 435 g/mol. The van der Waals surface area contributed by atoms with Crippen molar-refractivity contribution in [1.29, 1.82) is 0 Å². The van der Waals surface area contributed by atoms with Gasteiger partial charge in [-0.15, -0.1) is 0 Å². The molecule has 0 aliphatic carbocycles. The molecule has 8 heteroatoms. The maximum absolute atomic E-state index is 14.4. The van der Waals surface area contributed by atoms with Gasteiger partial charge in [-0.2, -0.15) is 5.10 Å². The largest absolute Gasteiger partial charge is 0.508 e. The average molecular weight is 458 g/mol. The van der Waals surface area contributed by atoms with Crippen LogP contribution >= 0.6 is 0 Å². The molecule has 1 aliphatic heterocycles. The highest BCUT2D eigenvalue weighted by Gasteiger charge is 2.28. The number of anilines is 2. The number of phenolic OH excluding ortho intramolecular Hbond substituents is 2. The summed E-state index contributed by atoms with van der Waals surface area (Å²) in [6.07, 6.45) is 0. The predicted octanol–water partition coefficient (Wildman–Crippen LogP) is 4.85. The van der Waals surface area contributed by atoms with Gasteiger partial charge in [0.15, 0.2) is 0 Å². The molecule has 0 saturated carbocycles. The van der Waals surface area contributed by atoms with Gasteiger partial charge in [0, 0.05) is 43.9 Å². The standard InChI is InChI=1S/C26H23FN4O3/c1-15-7-8-20(27)19(9-15)21-12-24(30(2)29-21)28-22-10-18(32)11-23(33)25(22)26(34)31-13-16-5-3-4-6-17(16)14-31/h3-12,28,32-33H,13-14H2,1-2H3. The Kier molecular flexibility index (Phi) is 5.20. The molecule has 2 heterocycles. The lowest BCUT2D eigenvalue weighted by atomic mass is 10.1. The molecule has 34 heavy (non-hydrogen) atoms. The Bertz CT molecular complexity index is 1400. The van der Waals surface area contributed by atoms with Gasteiger partial charge in [-0.3, -0.25) is 9.48 Å². The van der Waals surface area contributed by atoms with E-state index in [-0.39, 0.29) is 28.7 Å². The number of hydrogen-bond acceptors (Lipinski definition) is 5. The van der Waals surface area contributed by atoms with Crippen LogP contribution < -0.4 is 5.32 Å². The van der Waals surface area contributed by atoms with Crippen LogP contribution in [0, 0.1) is 12.7 Å². The van der Waals surface area contributed by atoms with Crippen LogP contribution in [0.2, 0.25) is 0 Å². The zero-order valence-corrected chi connectivity index (χ0v) is 18.7. The minimum Gasteiger partial charge on any atom is -0.508 e. The summed E-state index contributed by atoms with van der Waals surface area (Å²) in [5.41, 5.74) is 4.04. The second-order valence-electron chi connectivity index (χ2n) is 8.46. The molecule has 0 saturated heterocycles. The van der Waals surface area contributed by atoms with E-state index in [2.05, 4.69) is 10.4 Å². The first-order chi connectivity index (χ1) is 16.3. The average Bonchev–Trinajstić information content (AvgIpc) is 3.38. The molecule has 0 radical (unpaired) electrons. The van der Waals surface area contributed by atoms with Crippen molar-refractivity contribution >= 4 is 17.4 Å². The number of amides is 1. The van der Waals surface area contributed by atoms with E-state index in [9.17, 15) is 19.4 Å². The van der Waals surface area contributed by atoms with Crippen LogP contribution in [0.1, 0.15) is 27.0 Å². The highest BCUT2D eigenvalue weighted by atomic mass is 19.1. The lowest BCUT2D eigenvalue weighted by Crippen LogP contribution is -2.26. The first-order valence-electron chi connectivity index (χ1n) is 10.8. The molecule has 4 aromatic rings. The number of nitrogens with one attached hydrogen (secondary N) is 1. The summed E-state index contributed by atoms with van der Waals surface area (Å²) in [6.45, 7) is 2.73. The molecule has 3 aromatic carbocycles. The van der Waals surface area contributed by atoms with Crippen LogP contribution in [0.4, 0.5) is 15.9 Å². The highest BCUT2D eigenvalue weighted by Crippen LogP contribution is 2.36. The second-order valence-corrected chi connectivity index (χ2v) is 8.46. The SMILES string of the molecule is Cc1ccc(F)c(-c2cc(Nc3cc(O)cc(O)c3C(=O)N3Cc4ccccc4C3)n(C)n2)c1. The third-order valence-electron chi connectivity index (χ3n) is 5.98. The van der Waals surface area contributed by atoms with Gasteiger partial charge in [0.2, 0.25) is 0 Å². The van der Waals surface area contributed by atoms with Crippen LogP contribution in [0.25, 0.3) is 11.3 Å². The number of fused-ring (bicyclic) bond motifs is 1. The highest BCUT2D eigenvalue weighted by molar-refractivity contribution is 6.03. The minimum absolute atomic E-state index is 0.0371. The number of carbonyl (C=O) groups is 1. The van der Waals surface area contributed by atoms with E-state index >= 15 is 0 Å². The van der Waals surface area contributed by atoms with E-state index in [1.807, 2.05) is 31.2 Å². The van der Waals surface area contributed by atoms with Crippen molar-refractivity contribution in [3.05, 3.63) is 88.7 Å². The first-order valence-corrected chi connectivity index (χ1v) is 10.8. The molecule has 7 nitrogen and oxygen atoms in total. The molecule has 0 spiro atoms. The normalized spacial score (nSPS) is 12.6. The molecule has 3 N–H and O–H groups in total. The topological polar surface area (TPSA) is 90.6 Å². The van der Waals surface area contributed by atoms with Crippen LogP contribution in [0.15, 0.2) is 60.7 Å². The first kappa shape index (κ1) is 21.5. The van der Waals surface area contributed by atoms with E-state index in [1.54, 1.807) is 30.1 Å². The fraction of sp³-hybridized carbons (Fsp3) is 0.154. The number of halogens is 1. The number of hydrogen-bond donors (Lipinski definition) is 3. The maximum atomic E-state index is 14.4. The fourth-order valence-electron chi connectivity index (χ4n) is 4.26. The van der Waals surface area contributed by atoms with Crippen LogP contribution in [-0.2, 0) is 20.1 Å². The second kappa shape index (κ2) is 8.22. The fourth-order valence-corrected chi connectivity index (χ4v) is 4.26. The zero-order valence-electron chi connectivity index (χ0n) is 18.7. The lowest BCUT2D eigenvalue weighted by molar-refractivity contribution is 0.0749. The molecule has 0 atom stereocenters. The zero-order chi connectivity index (χ0) is 24.0. The van der Waals surface area contributed by atoms with Crippen LogP contribution in [0.5, 0.6) is 11.5 Å². The van der Waals surface area contributed by atoms with Gasteiger partial charge in [0.05, 0.1) is 11.4 Å². The Morgan fingerprint density at radius 1 is 1.03 bits per heavy atom. The summed E-state index contributed by atoms with van der Waals surface area (Å²) in [4.78, 5) is 15.1. The molecular formula is C26H23FN4O3. The lowest BCUT2D eigenvalue weighted by Gasteiger charge is -2.19. The number of phenols is 2. The summed E-state index contributed by atoms with van der Waals surface area (Å²) in [7, 11) is 1.68. The summed E-state index contributed by atoms with van der Waals surface area (Å²) < 4.78 is 15.9. The molecule has 172 valence electrons. The van der Waals surface area contributed by atoms with Gasteiger partial charge < -0.3 is 20.4 Å². The predicted molar refractivity (Wildman–Crippen MR) is 126 cm³/mol. The molecule has 0 unspecified atom stereocenters. The Hall–Kier alpha value is -4.33. The minimum atomic E-state index is -0.394. The molecule has 0 bridgehead atoms. The van der Waals surface area contributed by atoms with Gasteiger partial charge in [-0.1, -0.05) is 35.9 Å². The van der Waals surface area contributed by atoms with Crippen molar-refractivity contribution in [2.24, 2.45) is 7.05 Å².